The van der Waals surface area contributed by atoms with Gasteiger partial charge in [0.25, 0.3) is 0 Å². The molecule has 0 atom stereocenters. The highest BCUT2D eigenvalue weighted by atomic mass is 16.5. The summed E-state index contributed by atoms with van der Waals surface area (Å²) in [5.74, 6) is -0.158. The average Bonchev–Trinajstić information content (AvgIpc) is 2.34. The number of aliphatic carboxylic acids is 1. The molecule has 18 heavy (non-hydrogen) atoms. The second-order valence-electron chi connectivity index (χ2n) is 3.95. The molecule has 0 amide bonds. The monoisotopic (exact) mass is 248 g/mol. The van der Waals surface area contributed by atoms with Crippen LogP contribution < -0.4 is 10.2 Å². The molecule has 94 valence electrons. The number of ether oxygens (including phenoxy) is 1. The van der Waals surface area contributed by atoms with Gasteiger partial charge in [-0.25, -0.2) is 4.79 Å². The zero-order valence-corrected chi connectivity index (χ0v) is 10.0. The van der Waals surface area contributed by atoms with E-state index in [0.29, 0.717) is 28.0 Å². The molecule has 0 saturated heterocycles. The lowest BCUT2D eigenvalue weighted by Crippen LogP contribution is -2.10. The highest BCUT2D eigenvalue weighted by molar-refractivity contribution is 5.79. The van der Waals surface area contributed by atoms with Crippen molar-refractivity contribution < 1.29 is 19.1 Å². The Morgan fingerprint density at radius 1 is 1.39 bits per heavy atom. The van der Waals surface area contributed by atoms with E-state index in [4.69, 9.17) is 14.3 Å². The largest absolute Gasteiger partial charge is 0.482 e. The third-order valence-corrected chi connectivity index (χ3v) is 2.69. The third-order valence-electron chi connectivity index (χ3n) is 2.69. The number of hydrogen-bond acceptors (Lipinski definition) is 4. The molecule has 1 N–H and O–H groups in total. The van der Waals surface area contributed by atoms with Crippen molar-refractivity contribution in [3.63, 3.8) is 0 Å². The van der Waals surface area contributed by atoms with Crippen molar-refractivity contribution >= 4 is 16.9 Å². The third kappa shape index (κ3) is 2.20. The Labute approximate surface area is 103 Å². The van der Waals surface area contributed by atoms with Gasteiger partial charge in [0.05, 0.1) is 5.39 Å². The first-order valence-corrected chi connectivity index (χ1v) is 5.37. The summed E-state index contributed by atoms with van der Waals surface area (Å²) in [5.41, 5.74) is 0.873. The van der Waals surface area contributed by atoms with Crippen molar-refractivity contribution in [3.8, 4) is 5.75 Å². The van der Waals surface area contributed by atoms with Crippen LogP contribution in [-0.4, -0.2) is 17.7 Å². The van der Waals surface area contributed by atoms with Gasteiger partial charge < -0.3 is 14.3 Å². The van der Waals surface area contributed by atoms with E-state index in [2.05, 4.69) is 0 Å². The Bertz CT molecular complexity index is 669. The number of carbonyl (C=O) groups is 1. The smallest absolute Gasteiger partial charge is 0.341 e. The summed E-state index contributed by atoms with van der Waals surface area (Å²) in [6.07, 6.45) is 0. The fraction of sp³-hybridized carbons (Fsp3) is 0.231. The maximum absolute atomic E-state index is 12.0. The molecule has 0 aliphatic carbocycles. The van der Waals surface area contributed by atoms with Gasteiger partial charge in [-0.05, 0) is 32.0 Å². The molecule has 0 saturated carbocycles. The summed E-state index contributed by atoms with van der Waals surface area (Å²) in [5, 5.41) is 8.91. The Hall–Kier alpha value is -2.30. The zero-order valence-electron chi connectivity index (χ0n) is 10.0. The standard InChI is InChI=1S/C13H12O5/c1-7-8(2)18-11-4-3-9(17-6-12(14)15)5-10(11)13(7)16/h3-5H,6H2,1-2H3,(H,14,15). The van der Waals surface area contributed by atoms with Crippen LogP contribution in [0.4, 0.5) is 0 Å². The molecule has 0 spiro atoms. The molecule has 1 heterocycles. The number of carboxylic acids is 1. The Morgan fingerprint density at radius 3 is 2.78 bits per heavy atom. The lowest BCUT2D eigenvalue weighted by atomic mass is 10.1. The topological polar surface area (TPSA) is 76.7 Å². The van der Waals surface area contributed by atoms with Gasteiger partial charge in [-0.1, -0.05) is 0 Å². The molecule has 1 aromatic heterocycles. The van der Waals surface area contributed by atoms with Crippen LogP contribution in [0, 0.1) is 13.8 Å². The van der Waals surface area contributed by atoms with Crippen LogP contribution in [0.3, 0.4) is 0 Å². The van der Waals surface area contributed by atoms with E-state index >= 15 is 0 Å². The average molecular weight is 248 g/mol. The normalized spacial score (nSPS) is 10.6. The minimum Gasteiger partial charge on any atom is -0.482 e. The van der Waals surface area contributed by atoms with Crippen LogP contribution in [0.15, 0.2) is 27.4 Å². The zero-order chi connectivity index (χ0) is 13.3. The molecule has 5 heteroatoms. The van der Waals surface area contributed by atoms with Crippen LogP contribution >= 0.6 is 0 Å². The summed E-state index contributed by atoms with van der Waals surface area (Å²) in [6, 6.07) is 4.67. The minimum atomic E-state index is -1.07. The van der Waals surface area contributed by atoms with Gasteiger partial charge in [0.15, 0.2) is 12.0 Å². The van der Waals surface area contributed by atoms with Crippen molar-refractivity contribution in [3.05, 3.63) is 39.7 Å². The van der Waals surface area contributed by atoms with Gasteiger partial charge in [-0.15, -0.1) is 0 Å². The number of benzene rings is 1. The van der Waals surface area contributed by atoms with E-state index in [1.165, 1.54) is 6.07 Å². The fourth-order valence-corrected chi connectivity index (χ4v) is 1.61. The highest BCUT2D eigenvalue weighted by Crippen LogP contribution is 2.20. The van der Waals surface area contributed by atoms with Crippen LogP contribution in [0.1, 0.15) is 11.3 Å². The SMILES string of the molecule is Cc1oc2ccc(OCC(=O)O)cc2c(=O)c1C. The van der Waals surface area contributed by atoms with Crippen molar-refractivity contribution in [2.24, 2.45) is 0 Å². The van der Waals surface area contributed by atoms with E-state index in [0.717, 1.165) is 0 Å². The first kappa shape index (κ1) is 12.2. The molecule has 0 fully saturated rings. The lowest BCUT2D eigenvalue weighted by Gasteiger charge is -2.06. The Morgan fingerprint density at radius 2 is 2.11 bits per heavy atom. The maximum Gasteiger partial charge on any atom is 0.341 e. The van der Waals surface area contributed by atoms with E-state index in [1.54, 1.807) is 26.0 Å². The molecule has 2 rings (SSSR count). The van der Waals surface area contributed by atoms with E-state index < -0.39 is 12.6 Å². The summed E-state index contributed by atoms with van der Waals surface area (Å²) >= 11 is 0. The first-order chi connectivity index (χ1) is 8.49. The van der Waals surface area contributed by atoms with E-state index in [-0.39, 0.29) is 5.43 Å². The van der Waals surface area contributed by atoms with Crippen LogP contribution in [0.2, 0.25) is 0 Å². The van der Waals surface area contributed by atoms with Crippen molar-refractivity contribution in [2.75, 3.05) is 6.61 Å². The van der Waals surface area contributed by atoms with Crippen LogP contribution in [-0.2, 0) is 4.79 Å². The minimum absolute atomic E-state index is 0.130. The van der Waals surface area contributed by atoms with Gasteiger partial charge in [-0.3, -0.25) is 4.79 Å². The summed E-state index contributed by atoms with van der Waals surface area (Å²) in [4.78, 5) is 22.4. The summed E-state index contributed by atoms with van der Waals surface area (Å²) in [6.45, 7) is 2.97. The van der Waals surface area contributed by atoms with Gasteiger partial charge in [0.2, 0.25) is 0 Å². The molecular weight excluding hydrogens is 236 g/mol. The lowest BCUT2D eigenvalue weighted by molar-refractivity contribution is -0.139. The van der Waals surface area contributed by atoms with Gasteiger partial charge >= 0.3 is 5.97 Å². The summed E-state index contributed by atoms with van der Waals surface area (Å²) < 4.78 is 10.5. The predicted molar refractivity (Wildman–Crippen MR) is 65.1 cm³/mol. The first-order valence-electron chi connectivity index (χ1n) is 5.37. The number of fused-ring (bicyclic) bond motifs is 1. The van der Waals surface area contributed by atoms with Crippen molar-refractivity contribution in [1.29, 1.82) is 0 Å². The second-order valence-corrected chi connectivity index (χ2v) is 3.95. The van der Waals surface area contributed by atoms with Gasteiger partial charge in [0, 0.05) is 5.56 Å². The highest BCUT2D eigenvalue weighted by Gasteiger charge is 2.09. The summed E-state index contributed by atoms with van der Waals surface area (Å²) in [7, 11) is 0. The number of aryl methyl sites for hydroxylation is 1. The molecular formula is C13H12O5. The van der Waals surface area contributed by atoms with E-state index in [9.17, 15) is 9.59 Å². The number of rotatable bonds is 3. The second kappa shape index (κ2) is 4.52. The predicted octanol–water partition coefficient (Wildman–Crippen LogP) is 1.87. The maximum atomic E-state index is 12.0. The van der Waals surface area contributed by atoms with Crippen LogP contribution in [0.25, 0.3) is 11.0 Å². The Balaban J connectivity index is 2.51. The Kier molecular flexibility index (Phi) is 3.06. The van der Waals surface area contributed by atoms with Gasteiger partial charge in [-0.2, -0.15) is 0 Å². The molecule has 0 aliphatic rings. The number of hydrogen-bond donors (Lipinski definition) is 1. The van der Waals surface area contributed by atoms with Crippen LogP contribution in [0.5, 0.6) is 5.75 Å². The van der Waals surface area contributed by atoms with Crippen molar-refractivity contribution in [1.82, 2.24) is 0 Å². The quantitative estimate of drug-likeness (QED) is 0.897. The van der Waals surface area contributed by atoms with Gasteiger partial charge in [0.1, 0.15) is 17.1 Å². The molecule has 5 nitrogen and oxygen atoms in total. The molecule has 0 aliphatic heterocycles. The molecule has 2 aromatic rings. The molecule has 0 unspecified atom stereocenters. The molecule has 0 radical (unpaired) electrons. The molecule has 0 bridgehead atoms. The molecule has 1 aromatic carbocycles. The fourth-order valence-electron chi connectivity index (χ4n) is 1.61. The van der Waals surface area contributed by atoms with E-state index in [1.807, 2.05) is 0 Å². The van der Waals surface area contributed by atoms with Crippen molar-refractivity contribution in [2.45, 2.75) is 13.8 Å². The number of carboxylic acid groups (broad SMARTS) is 1.